The Bertz CT molecular complexity index is 689. The molecular formula is C19H24F3N3O2. The number of nitrogens with zero attached hydrogens (tertiary/aromatic N) is 1. The summed E-state index contributed by atoms with van der Waals surface area (Å²) in [6.45, 7) is 3.75. The molecule has 2 unspecified atom stereocenters. The average molecular weight is 383 g/mol. The van der Waals surface area contributed by atoms with Gasteiger partial charge in [-0.2, -0.15) is 13.2 Å². The Morgan fingerprint density at radius 3 is 2.11 bits per heavy atom. The number of rotatable bonds is 4. The van der Waals surface area contributed by atoms with Crippen LogP contribution in [-0.4, -0.2) is 36.1 Å². The third-order valence-corrected chi connectivity index (χ3v) is 5.28. The Morgan fingerprint density at radius 2 is 1.63 bits per heavy atom. The van der Waals surface area contributed by atoms with Crippen molar-refractivity contribution in [2.45, 2.75) is 63.8 Å². The molecule has 0 saturated carbocycles. The number of halogens is 3. The minimum Gasteiger partial charge on any atom is -0.365 e. The lowest BCUT2D eigenvalue weighted by atomic mass is 9.96. The maximum Gasteiger partial charge on any atom is 0.471 e. The Labute approximate surface area is 156 Å². The Kier molecular flexibility index (Phi) is 5.35. The van der Waals surface area contributed by atoms with E-state index >= 15 is 0 Å². The highest BCUT2D eigenvalue weighted by Gasteiger charge is 2.41. The van der Waals surface area contributed by atoms with Crippen molar-refractivity contribution in [3.05, 3.63) is 24.3 Å². The number of anilines is 2. The van der Waals surface area contributed by atoms with Gasteiger partial charge in [-0.15, -0.1) is 0 Å². The first-order valence-electron chi connectivity index (χ1n) is 9.22. The Balaban J connectivity index is 1.64. The summed E-state index contributed by atoms with van der Waals surface area (Å²) in [5.74, 6) is -1.95. The molecule has 5 nitrogen and oxygen atoms in total. The van der Waals surface area contributed by atoms with Gasteiger partial charge in [-0.25, -0.2) is 0 Å². The van der Waals surface area contributed by atoms with E-state index in [4.69, 9.17) is 0 Å². The molecule has 27 heavy (non-hydrogen) atoms. The summed E-state index contributed by atoms with van der Waals surface area (Å²) < 4.78 is 37.0. The number of fused-ring (bicyclic) bond motifs is 2. The van der Waals surface area contributed by atoms with Gasteiger partial charge in [-0.3, -0.25) is 9.59 Å². The standard InChI is InChI=1S/C19H24F3N3O2/c1-11(2)17(26)23-13-9-15-7-8-16(10-13)25(15)14-5-3-12(4-6-14)24-18(27)19(20,21)22/h3-6,11,13,15-16H,7-10H2,1-2H3,(H,23,26)(H,24,27). The molecular weight excluding hydrogens is 359 g/mol. The molecule has 2 N–H and O–H groups in total. The second kappa shape index (κ2) is 7.40. The van der Waals surface area contributed by atoms with Crippen LogP contribution >= 0.6 is 0 Å². The van der Waals surface area contributed by atoms with E-state index in [1.54, 1.807) is 12.1 Å². The quantitative estimate of drug-likeness (QED) is 0.837. The summed E-state index contributed by atoms with van der Waals surface area (Å²) in [5.41, 5.74) is 1.05. The number of benzene rings is 1. The summed E-state index contributed by atoms with van der Waals surface area (Å²) in [5, 5.41) is 4.98. The Hall–Kier alpha value is -2.25. The second-order valence-corrected chi connectivity index (χ2v) is 7.62. The van der Waals surface area contributed by atoms with E-state index in [9.17, 15) is 22.8 Å². The highest BCUT2D eigenvalue weighted by molar-refractivity contribution is 5.95. The van der Waals surface area contributed by atoms with Gasteiger partial charge in [0.1, 0.15) is 0 Å². The smallest absolute Gasteiger partial charge is 0.365 e. The largest absolute Gasteiger partial charge is 0.471 e. The fourth-order valence-corrected chi connectivity index (χ4v) is 4.00. The first-order valence-corrected chi connectivity index (χ1v) is 9.22. The fraction of sp³-hybridized carbons (Fsp3) is 0.579. The number of amides is 2. The molecule has 2 atom stereocenters. The zero-order chi connectivity index (χ0) is 19.8. The Morgan fingerprint density at radius 1 is 1.07 bits per heavy atom. The third-order valence-electron chi connectivity index (χ3n) is 5.28. The SMILES string of the molecule is CC(C)C(=O)NC1CC2CCC(C1)N2c1ccc(NC(=O)C(F)(F)F)cc1. The van der Waals surface area contributed by atoms with E-state index in [1.165, 1.54) is 12.1 Å². The van der Waals surface area contributed by atoms with Gasteiger partial charge in [0.05, 0.1) is 0 Å². The monoisotopic (exact) mass is 383 g/mol. The molecule has 2 saturated heterocycles. The summed E-state index contributed by atoms with van der Waals surface area (Å²) in [7, 11) is 0. The van der Waals surface area contributed by atoms with Crippen LogP contribution in [0.2, 0.25) is 0 Å². The number of hydrogen-bond donors (Lipinski definition) is 2. The zero-order valence-electron chi connectivity index (χ0n) is 15.3. The molecule has 0 aromatic heterocycles. The molecule has 148 valence electrons. The molecule has 0 spiro atoms. The van der Waals surface area contributed by atoms with Gasteiger partial charge in [-0.05, 0) is 49.9 Å². The van der Waals surface area contributed by atoms with Crippen LogP contribution in [0.4, 0.5) is 24.5 Å². The molecule has 2 fully saturated rings. The van der Waals surface area contributed by atoms with E-state index in [2.05, 4.69) is 10.2 Å². The van der Waals surface area contributed by atoms with Crippen LogP contribution < -0.4 is 15.5 Å². The van der Waals surface area contributed by atoms with Crippen molar-refractivity contribution >= 4 is 23.2 Å². The van der Waals surface area contributed by atoms with Gasteiger partial charge >= 0.3 is 12.1 Å². The molecule has 0 aliphatic carbocycles. The van der Waals surface area contributed by atoms with Gasteiger partial charge in [-0.1, -0.05) is 13.8 Å². The molecule has 2 aliphatic rings. The first-order chi connectivity index (χ1) is 12.6. The van der Waals surface area contributed by atoms with E-state index in [-0.39, 0.29) is 23.6 Å². The number of carbonyl (C=O) groups excluding carboxylic acids is 2. The van der Waals surface area contributed by atoms with E-state index in [0.717, 1.165) is 31.4 Å². The summed E-state index contributed by atoms with van der Waals surface area (Å²) in [4.78, 5) is 25.3. The molecule has 2 amide bonds. The van der Waals surface area contributed by atoms with Crippen LogP contribution in [0, 0.1) is 5.92 Å². The van der Waals surface area contributed by atoms with Crippen LogP contribution in [0.15, 0.2) is 24.3 Å². The molecule has 8 heteroatoms. The van der Waals surface area contributed by atoms with Gasteiger partial charge < -0.3 is 15.5 Å². The van der Waals surface area contributed by atoms with Crippen LogP contribution in [0.5, 0.6) is 0 Å². The number of alkyl halides is 3. The second-order valence-electron chi connectivity index (χ2n) is 7.62. The lowest BCUT2D eigenvalue weighted by Gasteiger charge is -2.41. The lowest BCUT2D eigenvalue weighted by Crippen LogP contribution is -2.51. The summed E-state index contributed by atoms with van der Waals surface area (Å²) >= 11 is 0. The van der Waals surface area contributed by atoms with Crippen molar-refractivity contribution in [2.75, 3.05) is 10.2 Å². The van der Waals surface area contributed by atoms with Crippen molar-refractivity contribution < 1.29 is 22.8 Å². The number of hydrogen-bond acceptors (Lipinski definition) is 3. The average Bonchev–Trinajstić information content (AvgIpc) is 2.85. The molecule has 2 heterocycles. The van der Waals surface area contributed by atoms with Gasteiger partial charge in [0, 0.05) is 35.4 Å². The van der Waals surface area contributed by atoms with E-state index in [0.29, 0.717) is 12.1 Å². The van der Waals surface area contributed by atoms with Crippen molar-refractivity contribution in [1.29, 1.82) is 0 Å². The minimum atomic E-state index is -4.90. The van der Waals surface area contributed by atoms with Gasteiger partial charge in [0.25, 0.3) is 0 Å². The van der Waals surface area contributed by atoms with Gasteiger partial charge in [0.2, 0.25) is 5.91 Å². The minimum absolute atomic E-state index is 0.0415. The van der Waals surface area contributed by atoms with Crippen LogP contribution in [0.3, 0.4) is 0 Å². The topological polar surface area (TPSA) is 61.4 Å². The van der Waals surface area contributed by atoms with Crippen molar-refractivity contribution in [3.63, 3.8) is 0 Å². The fourth-order valence-electron chi connectivity index (χ4n) is 4.00. The predicted octanol–water partition coefficient (Wildman–Crippen LogP) is 3.46. The zero-order valence-corrected chi connectivity index (χ0v) is 15.3. The van der Waals surface area contributed by atoms with Crippen LogP contribution in [-0.2, 0) is 9.59 Å². The number of nitrogens with one attached hydrogen (secondary N) is 2. The number of piperidine rings is 1. The molecule has 1 aromatic carbocycles. The van der Waals surface area contributed by atoms with Gasteiger partial charge in [0.15, 0.2) is 0 Å². The molecule has 0 radical (unpaired) electrons. The molecule has 2 aliphatic heterocycles. The van der Waals surface area contributed by atoms with Crippen LogP contribution in [0.25, 0.3) is 0 Å². The normalized spacial score (nSPS) is 24.8. The lowest BCUT2D eigenvalue weighted by molar-refractivity contribution is -0.167. The van der Waals surface area contributed by atoms with Crippen molar-refractivity contribution in [1.82, 2.24) is 5.32 Å². The highest BCUT2D eigenvalue weighted by Crippen LogP contribution is 2.39. The molecule has 2 bridgehead atoms. The number of carbonyl (C=O) groups is 2. The first kappa shape index (κ1) is 19.5. The predicted molar refractivity (Wildman–Crippen MR) is 96.4 cm³/mol. The van der Waals surface area contributed by atoms with E-state index in [1.807, 2.05) is 19.2 Å². The highest BCUT2D eigenvalue weighted by atomic mass is 19.4. The maximum absolute atomic E-state index is 12.3. The summed E-state index contributed by atoms with van der Waals surface area (Å²) in [6.07, 6.45) is -1.11. The van der Waals surface area contributed by atoms with Crippen molar-refractivity contribution in [2.24, 2.45) is 5.92 Å². The molecule has 3 rings (SSSR count). The van der Waals surface area contributed by atoms with E-state index < -0.39 is 12.1 Å². The summed E-state index contributed by atoms with van der Waals surface area (Å²) in [6, 6.07) is 7.23. The van der Waals surface area contributed by atoms with Crippen LogP contribution in [0.1, 0.15) is 39.5 Å². The van der Waals surface area contributed by atoms with Crippen molar-refractivity contribution in [3.8, 4) is 0 Å². The maximum atomic E-state index is 12.3. The molecule has 1 aromatic rings. The third kappa shape index (κ3) is 4.36.